The van der Waals surface area contributed by atoms with Crippen molar-refractivity contribution in [3.05, 3.63) is 23.8 Å². The van der Waals surface area contributed by atoms with Gasteiger partial charge < -0.3 is 14.2 Å². The highest BCUT2D eigenvalue weighted by Gasteiger charge is 2.13. The van der Waals surface area contributed by atoms with Gasteiger partial charge in [0.1, 0.15) is 0 Å². The smallest absolute Gasteiger partial charge is 0.338 e. The third kappa shape index (κ3) is 5.11. The van der Waals surface area contributed by atoms with E-state index in [1.54, 1.807) is 25.3 Å². The Bertz CT molecular complexity index is 438. The predicted molar refractivity (Wildman–Crippen MR) is 78.4 cm³/mol. The van der Waals surface area contributed by atoms with Gasteiger partial charge in [-0.25, -0.2) is 4.79 Å². The molecule has 112 valence electrons. The van der Waals surface area contributed by atoms with Gasteiger partial charge in [0.25, 0.3) is 0 Å². The molecule has 0 unspecified atom stereocenters. The van der Waals surface area contributed by atoms with Crippen molar-refractivity contribution in [3.63, 3.8) is 0 Å². The van der Waals surface area contributed by atoms with E-state index in [0.29, 0.717) is 42.1 Å². The van der Waals surface area contributed by atoms with E-state index in [1.165, 1.54) is 0 Å². The maximum Gasteiger partial charge on any atom is 0.338 e. The second-order valence-corrected chi connectivity index (χ2v) is 5.56. The van der Waals surface area contributed by atoms with Crippen molar-refractivity contribution in [2.24, 2.45) is 11.8 Å². The highest BCUT2D eigenvalue weighted by molar-refractivity contribution is 5.90. The fourth-order valence-corrected chi connectivity index (χ4v) is 1.50. The molecule has 0 atom stereocenters. The Labute approximate surface area is 121 Å². The summed E-state index contributed by atoms with van der Waals surface area (Å²) in [6.07, 6.45) is 0. The van der Waals surface area contributed by atoms with Crippen molar-refractivity contribution in [1.82, 2.24) is 0 Å². The Morgan fingerprint density at radius 3 is 2.25 bits per heavy atom. The average Bonchev–Trinajstić information content (AvgIpc) is 2.42. The molecule has 0 heterocycles. The van der Waals surface area contributed by atoms with Gasteiger partial charge in [0.2, 0.25) is 0 Å². The number of esters is 1. The summed E-state index contributed by atoms with van der Waals surface area (Å²) in [5.74, 6) is 1.59. The number of rotatable bonds is 7. The minimum atomic E-state index is -0.340. The van der Waals surface area contributed by atoms with E-state index in [0.717, 1.165) is 0 Å². The Kier molecular flexibility index (Phi) is 6.36. The van der Waals surface area contributed by atoms with Crippen LogP contribution in [0.25, 0.3) is 0 Å². The summed E-state index contributed by atoms with van der Waals surface area (Å²) in [6.45, 7) is 9.15. The summed E-state index contributed by atoms with van der Waals surface area (Å²) >= 11 is 0. The summed E-state index contributed by atoms with van der Waals surface area (Å²) in [5, 5.41) is 0. The van der Waals surface area contributed by atoms with E-state index < -0.39 is 0 Å². The largest absolute Gasteiger partial charge is 0.493 e. The Balaban J connectivity index is 2.78. The highest BCUT2D eigenvalue weighted by atomic mass is 16.5. The van der Waals surface area contributed by atoms with Crippen LogP contribution in [-0.2, 0) is 4.74 Å². The molecule has 0 aliphatic carbocycles. The first kappa shape index (κ1) is 16.3. The van der Waals surface area contributed by atoms with Crippen LogP contribution in [0.1, 0.15) is 38.1 Å². The van der Waals surface area contributed by atoms with Gasteiger partial charge in [-0.1, -0.05) is 27.7 Å². The summed E-state index contributed by atoms with van der Waals surface area (Å²) in [4.78, 5) is 11.9. The van der Waals surface area contributed by atoms with Crippen molar-refractivity contribution in [2.45, 2.75) is 27.7 Å². The number of carbonyl (C=O) groups excluding carboxylic acids is 1. The van der Waals surface area contributed by atoms with Gasteiger partial charge in [-0.05, 0) is 30.0 Å². The molecule has 1 aromatic rings. The van der Waals surface area contributed by atoms with Crippen LogP contribution in [0.15, 0.2) is 18.2 Å². The van der Waals surface area contributed by atoms with Crippen molar-refractivity contribution in [2.75, 3.05) is 20.3 Å². The topological polar surface area (TPSA) is 44.8 Å². The summed E-state index contributed by atoms with van der Waals surface area (Å²) < 4.78 is 16.1. The Morgan fingerprint density at radius 1 is 1.05 bits per heavy atom. The van der Waals surface area contributed by atoms with Crippen LogP contribution in [0.3, 0.4) is 0 Å². The summed E-state index contributed by atoms with van der Waals surface area (Å²) in [5.41, 5.74) is 0.472. The maximum absolute atomic E-state index is 11.9. The van der Waals surface area contributed by atoms with E-state index >= 15 is 0 Å². The molecule has 4 heteroatoms. The van der Waals surface area contributed by atoms with Gasteiger partial charge in [-0.3, -0.25) is 0 Å². The van der Waals surface area contributed by atoms with Crippen LogP contribution in [-0.4, -0.2) is 26.3 Å². The molecule has 0 fully saturated rings. The first-order chi connectivity index (χ1) is 9.43. The molecule has 0 saturated carbocycles. The van der Waals surface area contributed by atoms with Crippen LogP contribution in [0, 0.1) is 11.8 Å². The second kappa shape index (κ2) is 7.78. The Morgan fingerprint density at radius 2 is 1.70 bits per heavy atom. The van der Waals surface area contributed by atoms with Crippen molar-refractivity contribution >= 4 is 5.97 Å². The highest BCUT2D eigenvalue weighted by Crippen LogP contribution is 2.28. The lowest BCUT2D eigenvalue weighted by Gasteiger charge is -2.13. The Hall–Kier alpha value is -1.71. The minimum absolute atomic E-state index is 0.314. The first-order valence-corrected chi connectivity index (χ1v) is 6.92. The van der Waals surface area contributed by atoms with Crippen LogP contribution in [0.2, 0.25) is 0 Å². The zero-order chi connectivity index (χ0) is 15.1. The SMILES string of the molecule is COc1cc(C(=O)OCC(C)C)ccc1OCC(C)C. The number of benzene rings is 1. The van der Waals surface area contributed by atoms with Crippen molar-refractivity contribution < 1.29 is 19.0 Å². The molecule has 4 nitrogen and oxygen atoms in total. The average molecular weight is 280 g/mol. The quantitative estimate of drug-likeness (QED) is 0.717. The van der Waals surface area contributed by atoms with Gasteiger partial charge >= 0.3 is 5.97 Å². The van der Waals surface area contributed by atoms with Crippen LogP contribution in [0.5, 0.6) is 11.5 Å². The number of carbonyl (C=O) groups is 1. The van der Waals surface area contributed by atoms with E-state index in [1.807, 2.05) is 13.8 Å². The molecule has 0 radical (unpaired) electrons. The molecule has 0 spiro atoms. The number of hydrogen-bond acceptors (Lipinski definition) is 4. The lowest BCUT2D eigenvalue weighted by Crippen LogP contribution is -2.11. The molecule has 0 N–H and O–H groups in total. The van der Waals surface area contributed by atoms with Gasteiger partial charge in [-0.15, -0.1) is 0 Å². The predicted octanol–water partition coefficient (Wildman–Crippen LogP) is 3.54. The lowest BCUT2D eigenvalue weighted by molar-refractivity contribution is 0.0458. The molecule has 1 aromatic carbocycles. The standard InChI is InChI=1S/C16H24O4/c1-11(2)9-19-14-7-6-13(8-15(14)18-5)16(17)20-10-12(3)4/h6-8,11-12H,9-10H2,1-5H3. The maximum atomic E-state index is 11.9. The first-order valence-electron chi connectivity index (χ1n) is 6.92. The molecule has 0 amide bonds. The molecule has 0 saturated heterocycles. The molecule has 0 aliphatic rings. The normalized spacial score (nSPS) is 10.8. The van der Waals surface area contributed by atoms with Crippen LogP contribution < -0.4 is 9.47 Å². The molecule has 1 rings (SSSR count). The van der Waals surface area contributed by atoms with Gasteiger partial charge in [0, 0.05) is 0 Å². The summed E-state index contributed by atoms with van der Waals surface area (Å²) in [7, 11) is 1.56. The molecule has 0 bridgehead atoms. The zero-order valence-corrected chi connectivity index (χ0v) is 12.9. The number of ether oxygens (including phenoxy) is 3. The minimum Gasteiger partial charge on any atom is -0.493 e. The van der Waals surface area contributed by atoms with E-state index in [-0.39, 0.29) is 5.97 Å². The molecule has 0 aromatic heterocycles. The second-order valence-electron chi connectivity index (χ2n) is 5.56. The number of hydrogen-bond donors (Lipinski definition) is 0. The van der Waals surface area contributed by atoms with Crippen LogP contribution >= 0.6 is 0 Å². The van der Waals surface area contributed by atoms with Gasteiger partial charge in [0.15, 0.2) is 11.5 Å². The fraction of sp³-hybridized carbons (Fsp3) is 0.562. The third-order valence-corrected chi connectivity index (χ3v) is 2.52. The van der Waals surface area contributed by atoms with Gasteiger partial charge in [-0.2, -0.15) is 0 Å². The fourth-order valence-electron chi connectivity index (χ4n) is 1.50. The number of methoxy groups -OCH3 is 1. The lowest BCUT2D eigenvalue weighted by atomic mass is 10.2. The zero-order valence-electron chi connectivity index (χ0n) is 12.9. The van der Waals surface area contributed by atoms with E-state index in [4.69, 9.17) is 14.2 Å². The molecule has 20 heavy (non-hydrogen) atoms. The van der Waals surface area contributed by atoms with Crippen molar-refractivity contribution in [1.29, 1.82) is 0 Å². The van der Waals surface area contributed by atoms with E-state index in [9.17, 15) is 4.79 Å². The monoisotopic (exact) mass is 280 g/mol. The molecular formula is C16H24O4. The molecular weight excluding hydrogens is 256 g/mol. The third-order valence-electron chi connectivity index (χ3n) is 2.52. The van der Waals surface area contributed by atoms with Crippen molar-refractivity contribution in [3.8, 4) is 11.5 Å². The van der Waals surface area contributed by atoms with Crippen LogP contribution in [0.4, 0.5) is 0 Å². The summed E-state index contributed by atoms with van der Waals surface area (Å²) in [6, 6.07) is 5.09. The molecule has 0 aliphatic heterocycles. The van der Waals surface area contributed by atoms with Gasteiger partial charge in [0.05, 0.1) is 25.9 Å². The van der Waals surface area contributed by atoms with E-state index in [2.05, 4.69) is 13.8 Å².